The molecule has 0 fully saturated rings. The second-order valence-corrected chi connectivity index (χ2v) is 6.75. The first-order valence-corrected chi connectivity index (χ1v) is 9.34. The Labute approximate surface area is 161 Å². The lowest BCUT2D eigenvalue weighted by Gasteiger charge is -2.07. The van der Waals surface area contributed by atoms with Gasteiger partial charge in [0.15, 0.2) is 0 Å². The van der Waals surface area contributed by atoms with Gasteiger partial charge in [-0.15, -0.1) is 11.6 Å². The van der Waals surface area contributed by atoms with Crippen molar-refractivity contribution >= 4 is 28.0 Å². The Hall–Kier alpha value is -3.17. The predicted octanol–water partition coefficient (Wildman–Crippen LogP) is 5.96. The molecule has 0 unspecified atom stereocenters. The smallest absolute Gasteiger partial charge is 0.147 e. The molecule has 0 aliphatic heterocycles. The lowest BCUT2D eigenvalue weighted by atomic mass is 10.0. The first-order valence-electron chi connectivity index (χ1n) is 8.80. The summed E-state index contributed by atoms with van der Waals surface area (Å²) in [6, 6.07) is 22.8. The van der Waals surface area contributed by atoms with Gasteiger partial charge in [-0.3, -0.25) is 9.38 Å². The van der Waals surface area contributed by atoms with Gasteiger partial charge in [-0.2, -0.15) is 0 Å². The average molecular weight is 370 g/mol. The van der Waals surface area contributed by atoms with Gasteiger partial charge in [0.2, 0.25) is 0 Å². The average Bonchev–Trinajstić information content (AvgIpc) is 3.14. The van der Waals surface area contributed by atoms with Gasteiger partial charge >= 0.3 is 0 Å². The van der Waals surface area contributed by atoms with Crippen molar-refractivity contribution in [3.63, 3.8) is 0 Å². The summed E-state index contributed by atoms with van der Waals surface area (Å²) in [6.07, 6.45) is 5.78. The van der Waals surface area contributed by atoms with Crippen LogP contribution in [0.5, 0.6) is 0 Å². The highest BCUT2D eigenvalue weighted by atomic mass is 35.5. The lowest BCUT2D eigenvalue weighted by Crippen LogP contribution is -1.90. The molecule has 3 aromatic heterocycles. The maximum Gasteiger partial charge on any atom is 0.147 e. The Morgan fingerprint density at radius 2 is 1.67 bits per heavy atom. The highest BCUT2D eigenvalue weighted by Crippen LogP contribution is 2.34. The zero-order valence-electron chi connectivity index (χ0n) is 14.5. The summed E-state index contributed by atoms with van der Waals surface area (Å²) in [5.41, 5.74) is 6.25. The molecule has 130 valence electrons. The summed E-state index contributed by atoms with van der Waals surface area (Å²) in [5.74, 6) is 0.507. The van der Waals surface area contributed by atoms with Crippen molar-refractivity contribution in [2.45, 2.75) is 5.88 Å². The molecule has 3 heterocycles. The molecule has 0 aliphatic carbocycles. The van der Waals surface area contributed by atoms with E-state index < -0.39 is 0 Å². The van der Waals surface area contributed by atoms with Crippen molar-refractivity contribution in [1.82, 2.24) is 14.4 Å². The molecule has 0 N–H and O–H groups in total. The second kappa shape index (κ2) is 6.53. The van der Waals surface area contributed by atoms with E-state index in [0.717, 1.165) is 44.5 Å². The number of alkyl halides is 1. The molecule has 4 heteroatoms. The molecule has 2 aromatic carbocycles. The molecule has 0 saturated carbocycles. The van der Waals surface area contributed by atoms with Gasteiger partial charge in [-0.05, 0) is 23.1 Å². The maximum atomic E-state index is 5.96. The lowest BCUT2D eigenvalue weighted by molar-refractivity contribution is 1.20. The van der Waals surface area contributed by atoms with Gasteiger partial charge in [-0.25, -0.2) is 4.98 Å². The number of rotatable bonds is 3. The SMILES string of the molecule is ClCc1ccc(-c2nc3c4cnccc4ccn3c2-c2ccccc2)cc1. The van der Waals surface area contributed by atoms with Gasteiger partial charge in [0, 0.05) is 41.0 Å². The summed E-state index contributed by atoms with van der Waals surface area (Å²) in [5, 5.41) is 2.17. The standard InChI is InChI=1S/C23H16ClN3/c24-14-16-6-8-18(9-7-16)21-22(19-4-2-1-3-5-19)27-13-11-17-10-12-25-15-20(17)23(27)26-21/h1-13,15H,14H2. The summed E-state index contributed by atoms with van der Waals surface area (Å²) >= 11 is 5.96. The molecule has 27 heavy (non-hydrogen) atoms. The molecule has 5 rings (SSSR count). The number of hydrogen-bond acceptors (Lipinski definition) is 2. The first-order chi connectivity index (χ1) is 13.3. The third-order valence-electron chi connectivity index (χ3n) is 4.84. The van der Waals surface area contributed by atoms with Crippen LogP contribution in [0, 0.1) is 0 Å². The van der Waals surface area contributed by atoms with Crippen LogP contribution >= 0.6 is 11.6 Å². The fourth-order valence-corrected chi connectivity index (χ4v) is 3.66. The van der Waals surface area contributed by atoms with E-state index >= 15 is 0 Å². The van der Waals surface area contributed by atoms with E-state index in [4.69, 9.17) is 16.6 Å². The van der Waals surface area contributed by atoms with Crippen molar-refractivity contribution in [2.75, 3.05) is 0 Å². The number of imidazole rings is 1. The summed E-state index contributed by atoms with van der Waals surface area (Å²) in [7, 11) is 0. The Morgan fingerprint density at radius 3 is 2.44 bits per heavy atom. The van der Waals surface area contributed by atoms with Crippen LogP contribution in [-0.4, -0.2) is 14.4 Å². The predicted molar refractivity (Wildman–Crippen MR) is 111 cm³/mol. The third-order valence-corrected chi connectivity index (χ3v) is 5.15. The Kier molecular flexibility index (Phi) is 3.88. The van der Waals surface area contributed by atoms with Crippen LogP contribution in [0.1, 0.15) is 5.56 Å². The molecule has 3 nitrogen and oxygen atoms in total. The van der Waals surface area contributed by atoms with Crippen LogP contribution in [-0.2, 0) is 5.88 Å². The van der Waals surface area contributed by atoms with E-state index in [1.165, 1.54) is 0 Å². The fraction of sp³-hybridized carbons (Fsp3) is 0.0435. The third kappa shape index (κ3) is 2.68. The normalized spacial score (nSPS) is 11.3. The molecule has 0 spiro atoms. The minimum atomic E-state index is 0.507. The van der Waals surface area contributed by atoms with Crippen molar-refractivity contribution in [1.29, 1.82) is 0 Å². The molecule has 0 bridgehead atoms. The summed E-state index contributed by atoms with van der Waals surface area (Å²) < 4.78 is 2.16. The van der Waals surface area contributed by atoms with Gasteiger partial charge < -0.3 is 0 Å². The van der Waals surface area contributed by atoms with Gasteiger partial charge in [0.25, 0.3) is 0 Å². The number of halogens is 1. The number of aromatic nitrogens is 3. The van der Waals surface area contributed by atoms with E-state index in [1.807, 2.05) is 24.5 Å². The van der Waals surface area contributed by atoms with Crippen LogP contribution in [0.3, 0.4) is 0 Å². The molecule has 0 saturated heterocycles. The molecule has 0 radical (unpaired) electrons. The molecule has 0 atom stereocenters. The van der Waals surface area contributed by atoms with Crippen LogP contribution in [0.2, 0.25) is 0 Å². The van der Waals surface area contributed by atoms with E-state index in [2.05, 4.69) is 70.2 Å². The van der Waals surface area contributed by atoms with Gasteiger partial charge in [0.05, 0.1) is 11.4 Å². The van der Waals surface area contributed by atoms with Gasteiger partial charge in [-0.1, -0.05) is 54.6 Å². The highest BCUT2D eigenvalue weighted by Gasteiger charge is 2.17. The Balaban J connectivity index is 1.86. The molecule has 0 aliphatic rings. The second-order valence-electron chi connectivity index (χ2n) is 6.48. The maximum absolute atomic E-state index is 5.96. The van der Waals surface area contributed by atoms with Crippen molar-refractivity contribution < 1.29 is 0 Å². The topological polar surface area (TPSA) is 30.2 Å². The summed E-state index contributed by atoms with van der Waals surface area (Å²) in [4.78, 5) is 9.34. The molecular weight excluding hydrogens is 354 g/mol. The molecule has 0 amide bonds. The van der Waals surface area contributed by atoms with Crippen LogP contribution in [0.4, 0.5) is 0 Å². The zero-order chi connectivity index (χ0) is 18.2. The van der Waals surface area contributed by atoms with Crippen molar-refractivity contribution in [3.05, 3.63) is 90.9 Å². The van der Waals surface area contributed by atoms with Crippen LogP contribution in [0.25, 0.3) is 38.9 Å². The minimum Gasteiger partial charge on any atom is -0.298 e. The fourth-order valence-electron chi connectivity index (χ4n) is 3.48. The summed E-state index contributed by atoms with van der Waals surface area (Å²) in [6.45, 7) is 0. The largest absolute Gasteiger partial charge is 0.298 e. The molecular formula is C23H16ClN3. The zero-order valence-corrected chi connectivity index (χ0v) is 15.3. The Bertz CT molecular complexity index is 1240. The number of fused-ring (bicyclic) bond motifs is 3. The first kappa shape index (κ1) is 16.0. The van der Waals surface area contributed by atoms with Crippen molar-refractivity contribution in [3.8, 4) is 22.5 Å². The van der Waals surface area contributed by atoms with E-state index in [1.54, 1.807) is 0 Å². The number of benzene rings is 2. The van der Waals surface area contributed by atoms with E-state index in [0.29, 0.717) is 5.88 Å². The highest BCUT2D eigenvalue weighted by molar-refractivity contribution is 6.17. The van der Waals surface area contributed by atoms with Crippen molar-refractivity contribution in [2.24, 2.45) is 0 Å². The number of hydrogen-bond donors (Lipinski definition) is 0. The van der Waals surface area contributed by atoms with E-state index in [-0.39, 0.29) is 0 Å². The van der Waals surface area contributed by atoms with Crippen LogP contribution in [0.15, 0.2) is 85.3 Å². The molecule has 5 aromatic rings. The van der Waals surface area contributed by atoms with Gasteiger partial charge in [0.1, 0.15) is 5.65 Å². The quantitative estimate of drug-likeness (QED) is 0.367. The Morgan fingerprint density at radius 1 is 0.852 bits per heavy atom. The van der Waals surface area contributed by atoms with Crippen LogP contribution < -0.4 is 0 Å². The number of nitrogens with zero attached hydrogens (tertiary/aromatic N) is 3. The minimum absolute atomic E-state index is 0.507. The van der Waals surface area contributed by atoms with E-state index in [9.17, 15) is 0 Å². The monoisotopic (exact) mass is 369 g/mol. The number of pyridine rings is 2.